The highest BCUT2D eigenvalue weighted by Gasteiger charge is 2.77. The van der Waals surface area contributed by atoms with Gasteiger partial charge in [0, 0.05) is 35.5 Å². The van der Waals surface area contributed by atoms with E-state index in [2.05, 4.69) is 0 Å². The van der Waals surface area contributed by atoms with Crippen molar-refractivity contribution in [2.45, 2.75) is 83.9 Å². The van der Waals surface area contributed by atoms with Gasteiger partial charge in [0.05, 0.1) is 5.88 Å². The Kier molecular flexibility index (Phi) is 6.24. The van der Waals surface area contributed by atoms with Crippen LogP contribution in [-0.4, -0.2) is 40.5 Å². The summed E-state index contributed by atoms with van der Waals surface area (Å²) in [6.07, 6.45) is 7.12. The van der Waals surface area contributed by atoms with E-state index in [1.54, 1.807) is 13.0 Å². The zero-order valence-corrected chi connectivity index (χ0v) is 21.2. The van der Waals surface area contributed by atoms with E-state index in [4.69, 9.17) is 16.3 Å². The molecule has 0 radical (unpaired) electrons. The lowest BCUT2D eigenvalue weighted by Gasteiger charge is -2.59. The van der Waals surface area contributed by atoms with Gasteiger partial charge in [0.15, 0.2) is 28.6 Å². The second-order valence-electron chi connectivity index (χ2n) is 11.1. The van der Waals surface area contributed by atoms with Crippen LogP contribution in [0, 0.1) is 28.6 Å². The topological polar surface area (TPSA) is 77.5 Å². The van der Waals surface area contributed by atoms with Crippen molar-refractivity contribution < 1.29 is 28.3 Å². The van der Waals surface area contributed by atoms with Crippen LogP contribution in [0.1, 0.15) is 72.6 Å². The number of unbranched alkanes of at least 4 members (excludes halogenated alkanes) is 1. The number of carbonyl (C=O) groups is 4. The van der Waals surface area contributed by atoms with E-state index >= 15 is 4.39 Å². The number of ether oxygens (including phenoxy) is 1. The molecule has 4 rings (SSSR count). The molecular weight excluding hydrogens is 459 g/mol. The minimum Gasteiger partial charge on any atom is -0.450 e. The minimum absolute atomic E-state index is 0.177. The number of allylic oxidation sites excluding steroid dienone is 4. The summed E-state index contributed by atoms with van der Waals surface area (Å²) in [6, 6.07) is 0. The quantitative estimate of drug-likeness (QED) is 0.381. The SMILES string of the molecule is CCCCC(=O)O[C@]1(C(=O)CCl)[C@@H](C)C[C@H]2[C@@H]3CCC4=CC(=O)C=C[C@]4(C)[C@@]3(F)C(=O)C[C@@]21C. The van der Waals surface area contributed by atoms with Crippen LogP contribution in [0.3, 0.4) is 0 Å². The Hall–Kier alpha value is -1.82. The number of hydrogen-bond donors (Lipinski definition) is 0. The van der Waals surface area contributed by atoms with Crippen molar-refractivity contribution >= 4 is 34.9 Å². The van der Waals surface area contributed by atoms with E-state index in [1.807, 2.05) is 20.8 Å². The number of halogens is 2. The van der Waals surface area contributed by atoms with Crippen molar-refractivity contribution in [3.05, 3.63) is 23.8 Å². The minimum atomic E-state index is -2.19. The number of alkyl halides is 2. The van der Waals surface area contributed by atoms with E-state index in [1.165, 1.54) is 12.2 Å². The van der Waals surface area contributed by atoms with Crippen molar-refractivity contribution in [3.63, 3.8) is 0 Å². The maximum absolute atomic E-state index is 17.2. The monoisotopic (exact) mass is 492 g/mol. The molecule has 7 heteroatoms. The molecule has 0 aliphatic heterocycles. The molecule has 0 N–H and O–H groups in total. The average molecular weight is 493 g/mol. The Morgan fingerprint density at radius 1 is 1.24 bits per heavy atom. The lowest BCUT2D eigenvalue weighted by molar-refractivity contribution is -0.201. The first-order chi connectivity index (χ1) is 15.9. The molecule has 4 aliphatic carbocycles. The molecule has 34 heavy (non-hydrogen) atoms. The van der Waals surface area contributed by atoms with E-state index < -0.39 is 51.5 Å². The van der Waals surface area contributed by atoms with Crippen LogP contribution in [0.2, 0.25) is 0 Å². The number of esters is 1. The summed E-state index contributed by atoms with van der Waals surface area (Å²) in [5.74, 6) is -3.42. The smallest absolute Gasteiger partial charge is 0.306 e. The van der Waals surface area contributed by atoms with Crippen molar-refractivity contribution in [2.75, 3.05) is 5.88 Å². The van der Waals surface area contributed by atoms with Crippen LogP contribution in [-0.2, 0) is 23.9 Å². The second-order valence-corrected chi connectivity index (χ2v) is 11.4. The molecule has 7 atom stereocenters. The first kappa shape index (κ1) is 25.3. The number of hydrogen-bond acceptors (Lipinski definition) is 5. The highest BCUT2D eigenvalue weighted by atomic mass is 35.5. The highest BCUT2D eigenvalue weighted by Crippen LogP contribution is 2.70. The predicted octanol–water partition coefficient (Wildman–Crippen LogP) is 5.09. The lowest BCUT2D eigenvalue weighted by Crippen LogP contribution is -2.68. The summed E-state index contributed by atoms with van der Waals surface area (Å²) in [6.45, 7) is 7.32. The van der Waals surface area contributed by atoms with Gasteiger partial charge in [0.2, 0.25) is 0 Å². The third-order valence-corrected chi connectivity index (χ3v) is 9.73. The summed E-state index contributed by atoms with van der Waals surface area (Å²) in [5.41, 5.74) is -5.36. The van der Waals surface area contributed by atoms with E-state index in [-0.39, 0.29) is 30.4 Å². The molecule has 0 aromatic rings. The molecule has 5 nitrogen and oxygen atoms in total. The Labute approximate surface area is 205 Å². The molecule has 0 amide bonds. The maximum Gasteiger partial charge on any atom is 0.306 e. The number of carbonyl (C=O) groups excluding carboxylic acids is 4. The summed E-state index contributed by atoms with van der Waals surface area (Å²) in [4.78, 5) is 52.0. The van der Waals surface area contributed by atoms with Crippen molar-refractivity contribution in [2.24, 2.45) is 28.6 Å². The molecule has 0 spiro atoms. The zero-order valence-electron chi connectivity index (χ0n) is 20.4. The largest absolute Gasteiger partial charge is 0.450 e. The molecule has 0 aromatic heterocycles. The lowest BCUT2D eigenvalue weighted by atomic mass is 9.45. The van der Waals surface area contributed by atoms with Gasteiger partial charge in [-0.1, -0.05) is 38.8 Å². The van der Waals surface area contributed by atoms with Crippen molar-refractivity contribution in [3.8, 4) is 0 Å². The molecule has 4 aliphatic rings. The predicted molar refractivity (Wildman–Crippen MR) is 126 cm³/mol. The summed E-state index contributed by atoms with van der Waals surface area (Å²) in [7, 11) is 0. The van der Waals surface area contributed by atoms with Gasteiger partial charge >= 0.3 is 5.97 Å². The standard InChI is InChI=1S/C27H34ClFO5/c1-5-6-7-23(33)34-27(22(32)15-28)16(2)12-20-19-9-8-17-13-18(30)10-11-24(17,3)26(19,29)21(31)14-25(20,27)4/h10-11,13,16,19-20H,5-9,12,14-15H2,1-4H3/t16-,19-,20-,24-,25-,26-,27-/m0/s1. The molecule has 3 fully saturated rings. The molecule has 0 aromatic carbocycles. The van der Waals surface area contributed by atoms with E-state index in [0.29, 0.717) is 31.3 Å². The van der Waals surface area contributed by atoms with Gasteiger partial charge < -0.3 is 4.74 Å². The molecule has 3 saturated carbocycles. The summed E-state index contributed by atoms with van der Waals surface area (Å²) in [5, 5.41) is 0. The fraction of sp³-hybridized carbons (Fsp3) is 0.704. The number of ketones is 3. The fourth-order valence-electron chi connectivity index (χ4n) is 7.78. The summed E-state index contributed by atoms with van der Waals surface area (Å²) >= 11 is 6.05. The van der Waals surface area contributed by atoms with Crippen molar-refractivity contribution in [1.82, 2.24) is 0 Å². The van der Waals surface area contributed by atoms with E-state index in [0.717, 1.165) is 6.42 Å². The first-order valence-corrected chi connectivity index (χ1v) is 12.9. The summed E-state index contributed by atoms with van der Waals surface area (Å²) < 4.78 is 23.2. The second kappa shape index (κ2) is 8.39. The van der Waals surface area contributed by atoms with Gasteiger partial charge in [-0.3, -0.25) is 19.2 Å². The third kappa shape index (κ3) is 3.09. The molecule has 186 valence electrons. The number of fused-ring (bicyclic) bond motifs is 5. The zero-order chi connectivity index (χ0) is 25.1. The molecule has 0 heterocycles. The van der Waals surface area contributed by atoms with Crippen LogP contribution in [0.25, 0.3) is 0 Å². The van der Waals surface area contributed by atoms with Gasteiger partial charge in [-0.25, -0.2) is 4.39 Å². The van der Waals surface area contributed by atoms with Gasteiger partial charge in [0.1, 0.15) is 0 Å². The number of rotatable bonds is 6. The normalized spacial score (nSPS) is 43.0. The third-order valence-electron chi connectivity index (χ3n) is 9.49. The van der Waals surface area contributed by atoms with Crippen molar-refractivity contribution in [1.29, 1.82) is 0 Å². The van der Waals surface area contributed by atoms with Gasteiger partial charge in [0.25, 0.3) is 0 Å². The van der Waals surface area contributed by atoms with Crippen LogP contribution in [0.15, 0.2) is 23.8 Å². The van der Waals surface area contributed by atoms with Gasteiger partial charge in [-0.2, -0.15) is 0 Å². The van der Waals surface area contributed by atoms with Crippen LogP contribution >= 0.6 is 11.6 Å². The highest BCUT2D eigenvalue weighted by molar-refractivity contribution is 6.29. The van der Waals surface area contributed by atoms with Crippen LogP contribution < -0.4 is 0 Å². The van der Waals surface area contributed by atoms with Gasteiger partial charge in [-0.15, -0.1) is 11.6 Å². The van der Waals surface area contributed by atoms with E-state index in [9.17, 15) is 19.2 Å². The Balaban J connectivity index is 1.81. The Morgan fingerprint density at radius 2 is 1.94 bits per heavy atom. The molecule has 0 unspecified atom stereocenters. The van der Waals surface area contributed by atoms with Crippen LogP contribution in [0.5, 0.6) is 0 Å². The molecular formula is C27H34ClFO5. The average Bonchev–Trinajstić information content (AvgIpc) is 3.00. The fourth-order valence-corrected chi connectivity index (χ4v) is 7.98. The Bertz CT molecular complexity index is 1000. The molecule has 0 bridgehead atoms. The van der Waals surface area contributed by atoms with Crippen LogP contribution in [0.4, 0.5) is 4.39 Å². The Morgan fingerprint density at radius 3 is 2.59 bits per heavy atom. The maximum atomic E-state index is 17.2. The van der Waals surface area contributed by atoms with Gasteiger partial charge in [-0.05, 0) is 50.7 Å². The first-order valence-electron chi connectivity index (χ1n) is 12.4. The molecule has 0 saturated heterocycles. The number of Topliss-reactive ketones (excluding diaryl/α,β-unsaturated/α-hetero) is 2.